The molecule has 0 unspecified atom stereocenters. The van der Waals surface area contributed by atoms with Crippen LogP contribution in [0, 0.1) is 0 Å². The highest BCUT2D eigenvalue weighted by atomic mass is 32.2. The molecular weight excluding hydrogens is 206 g/mol. The second kappa shape index (κ2) is 3.67. The number of fused-ring (bicyclic) bond motifs is 2. The largest absolute Gasteiger partial charge is 0.352 e. The lowest BCUT2D eigenvalue weighted by atomic mass is 10.2. The first-order chi connectivity index (χ1) is 7.36. The molecule has 0 amide bonds. The molecule has 0 spiro atoms. The Morgan fingerprint density at radius 1 is 1.53 bits per heavy atom. The number of rotatable bonds is 2. The van der Waals surface area contributed by atoms with Gasteiger partial charge in [0.15, 0.2) is 0 Å². The van der Waals surface area contributed by atoms with E-state index in [1.807, 2.05) is 0 Å². The second-order valence-corrected chi connectivity index (χ2v) is 5.55. The zero-order valence-electron chi connectivity index (χ0n) is 8.89. The van der Waals surface area contributed by atoms with Crippen LogP contribution in [0.5, 0.6) is 0 Å². The normalized spacial score (nSPS) is 28.7. The maximum absolute atomic E-state index is 4.39. The van der Waals surface area contributed by atoms with Crippen molar-refractivity contribution >= 4 is 17.6 Å². The number of nitrogens with zero attached hydrogens (tertiary/aromatic N) is 3. The van der Waals surface area contributed by atoms with Gasteiger partial charge in [-0.2, -0.15) is 11.8 Å². The molecule has 2 bridgehead atoms. The van der Waals surface area contributed by atoms with E-state index < -0.39 is 0 Å². The third kappa shape index (κ3) is 1.61. The summed E-state index contributed by atoms with van der Waals surface area (Å²) in [6.45, 7) is 3.31. The summed E-state index contributed by atoms with van der Waals surface area (Å²) in [5, 5.41) is 0.843. The minimum atomic E-state index is 0.722. The van der Waals surface area contributed by atoms with Crippen molar-refractivity contribution in [1.29, 1.82) is 0 Å². The Hall–Kier alpha value is -0.770. The summed E-state index contributed by atoms with van der Waals surface area (Å²) < 4.78 is 0. The van der Waals surface area contributed by atoms with E-state index in [-0.39, 0.29) is 0 Å². The molecule has 2 aliphatic heterocycles. The third-order valence-corrected chi connectivity index (χ3v) is 4.66. The molecule has 3 heterocycles. The summed E-state index contributed by atoms with van der Waals surface area (Å²) >= 11 is 2.12. The fourth-order valence-electron chi connectivity index (χ4n) is 2.42. The maximum Gasteiger partial charge on any atom is 0.132 e. The number of hydrogen-bond donors (Lipinski definition) is 0. The quantitative estimate of drug-likeness (QED) is 0.760. The zero-order chi connectivity index (χ0) is 10.3. The molecule has 3 nitrogen and oxygen atoms in total. The fourth-order valence-corrected chi connectivity index (χ4v) is 3.85. The number of hydrogen-bond acceptors (Lipinski definition) is 4. The maximum atomic E-state index is 4.39. The third-order valence-electron chi connectivity index (χ3n) is 3.27. The molecule has 1 aromatic rings. The van der Waals surface area contributed by atoms with Crippen LogP contribution in [0.3, 0.4) is 0 Å². The molecule has 3 rings (SSSR count). The van der Waals surface area contributed by atoms with E-state index in [0.29, 0.717) is 0 Å². The van der Waals surface area contributed by atoms with Crippen LogP contribution in [-0.4, -0.2) is 33.6 Å². The molecule has 0 radical (unpaired) electrons. The number of aromatic nitrogens is 2. The van der Waals surface area contributed by atoms with E-state index in [9.17, 15) is 0 Å². The highest BCUT2D eigenvalue weighted by Crippen LogP contribution is 2.39. The smallest absolute Gasteiger partial charge is 0.132 e. The van der Waals surface area contributed by atoms with Crippen molar-refractivity contribution in [2.75, 3.05) is 17.2 Å². The van der Waals surface area contributed by atoms with Gasteiger partial charge in [0.1, 0.15) is 12.1 Å². The van der Waals surface area contributed by atoms with Crippen molar-refractivity contribution < 1.29 is 0 Å². The first-order valence-electron chi connectivity index (χ1n) is 5.56. The van der Waals surface area contributed by atoms with Gasteiger partial charge in [0, 0.05) is 35.3 Å². The zero-order valence-corrected chi connectivity index (χ0v) is 9.70. The van der Waals surface area contributed by atoms with Crippen LogP contribution < -0.4 is 4.90 Å². The lowest BCUT2D eigenvalue weighted by Gasteiger charge is -2.27. The topological polar surface area (TPSA) is 29.0 Å². The highest BCUT2D eigenvalue weighted by molar-refractivity contribution is 8.00. The van der Waals surface area contributed by atoms with Crippen LogP contribution in [0.15, 0.2) is 12.4 Å². The standard InChI is InChI=1S/C11H15N3S/c1-2-8-3-11(13-7-12-8)14-5-10-4-9(14)6-15-10/h3,7,9-10H,2,4-6H2,1H3/t9-,10+/m0/s1. The Morgan fingerprint density at radius 2 is 2.47 bits per heavy atom. The Labute approximate surface area is 94.3 Å². The molecule has 2 fully saturated rings. The molecule has 80 valence electrons. The van der Waals surface area contributed by atoms with Gasteiger partial charge < -0.3 is 4.90 Å². The Bertz CT molecular complexity index is 369. The number of anilines is 1. The first kappa shape index (κ1) is 9.46. The van der Waals surface area contributed by atoms with Crippen molar-refractivity contribution in [2.45, 2.75) is 31.1 Å². The average Bonchev–Trinajstić information content (AvgIpc) is 2.91. The van der Waals surface area contributed by atoms with Gasteiger partial charge in [0.2, 0.25) is 0 Å². The van der Waals surface area contributed by atoms with Gasteiger partial charge >= 0.3 is 0 Å². The number of thioether (sulfide) groups is 1. The van der Waals surface area contributed by atoms with Gasteiger partial charge in [-0.1, -0.05) is 6.92 Å². The van der Waals surface area contributed by atoms with Crippen molar-refractivity contribution in [3.05, 3.63) is 18.1 Å². The average molecular weight is 221 g/mol. The van der Waals surface area contributed by atoms with E-state index in [1.54, 1.807) is 6.33 Å². The number of aryl methyl sites for hydroxylation is 1. The summed E-state index contributed by atoms with van der Waals surface area (Å²) in [5.41, 5.74) is 1.15. The summed E-state index contributed by atoms with van der Waals surface area (Å²) in [7, 11) is 0. The van der Waals surface area contributed by atoms with Crippen molar-refractivity contribution in [1.82, 2.24) is 9.97 Å². The molecule has 0 aromatic carbocycles. The van der Waals surface area contributed by atoms with Crippen LogP contribution in [0.2, 0.25) is 0 Å². The predicted molar refractivity (Wildman–Crippen MR) is 63.4 cm³/mol. The van der Waals surface area contributed by atoms with Crippen LogP contribution in [0.25, 0.3) is 0 Å². The van der Waals surface area contributed by atoms with Crippen molar-refractivity contribution in [3.63, 3.8) is 0 Å². The van der Waals surface area contributed by atoms with Crippen LogP contribution in [0.1, 0.15) is 19.0 Å². The summed E-state index contributed by atoms with van der Waals surface area (Å²) in [6.07, 6.45) is 4.04. The van der Waals surface area contributed by atoms with E-state index in [1.165, 1.54) is 18.7 Å². The second-order valence-electron chi connectivity index (χ2n) is 4.22. The van der Waals surface area contributed by atoms with Gasteiger partial charge in [-0.25, -0.2) is 9.97 Å². The summed E-state index contributed by atoms with van der Waals surface area (Å²) in [5.74, 6) is 2.41. The van der Waals surface area contributed by atoms with Crippen LogP contribution in [-0.2, 0) is 6.42 Å². The summed E-state index contributed by atoms with van der Waals surface area (Å²) in [6, 6.07) is 2.87. The van der Waals surface area contributed by atoms with E-state index in [2.05, 4.69) is 39.6 Å². The van der Waals surface area contributed by atoms with E-state index in [0.717, 1.165) is 29.2 Å². The van der Waals surface area contributed by atoms with Crippen molar-refractivity contribution in [2.24, 2.45) is 0 Å². The molecule has 4 heteroatoms. The first-order valence-corrected chi connectivity index (χ1v) is 6.61. The van der Waals surface area contributed by atoms with Crippen molar-refractivity contribution in [3.8, 4) is 0 Å². The van der Waals surface area contributed by atoms with Gasteiger partial charge in [0.05, 0.1) is 0 Å². The van der Waals surface area contributed by atoms with Gasteiger partial charge in [-0.05, 0) is 12.8 Å². The molecule has 0 saturated carbocycles. The molecule has 2 atom stereocenters. The van der Waals surface area contributed by atoms with Crippen LogP contribution in [0.4, 0.5) is 5.82 Å². The van der Waals surface area contributed by atoms with Gasteiger partial charge in [-0.3, -0.25) is 0 Å². The molecule has 15 heavy (non-hydrogen) atoms. The molecule has 0 aliphatic carbocycles. The minimum absolute atomic E-state index is 0.722. The highest BCUT2D eigenvalue weighted by Gasteiger charge is 2.39. The molecule has 2 aliphatic rings. The Kier molecular flexibility index (Phi) is 2.31. The lowest BCUT2D eigenvalue weighted by molar-refractivity contribution is 0.748. The Morgan fingerprint density at radius 3 is 3.13 bits per heavy atom. The van der Waals surface area contributed by atoms with E-state index >= 15 is 0 Å². The molecule has 2 saturated heterocycles. The Balaban J connectivity index is 1.86. The van der Waals surface area contributed by atoms with Gasteiger partial charge in [0.25, 0.3) is 0 Å². The SMILES string of the molecule is CCc1cc(N2C[C@H]3C[C@H]2CS3)ncn1. The predicted octanol–water partition coefficient (Wildman–Crippen LogP) is 1.73. The molecule has 1 aromatic heterocycles. The fraction of sp³-hybridized carbons (Fsp3) is 0.636. The lowest BCUT2D eigenvalue weighted by Crippen LogP contribution is -2.34. The molecule has 0 N–H and O–H groups in total. The van der Waals surface area contributed by atoms with Gasteiger partial charge in [-0.15, -0.1) is 0 Å². The van der Waals surface area contributed by atoms with Crippen LogP contribution >= 0.6 is 11.8 Å². The summed E-state index contributed by atoms with van der Waals surface area (Å²) in [4.78, 5) is 11.1. The van der Waals surface area contributed by atoms with E-state index in [4.69, 9.17) is 0 Å². The minimum Gasteiger partial charge on any atom is -0.352 e. The monoisotopic (exact) mass is 221 g/mol. The molecular formula is C11H15N3S.